The van der Waals surface area contributed by atoms with Gasteiger partial charge in [-0.15, -0.1) is 5.10 Å². The van der Waals surface area contributed by atoms with Gasteiger partial charge >= 0.3 is 0 Å². The average molecular weight is 341 g/mol. The van der Waals surface area contributed by atoms with Crippen molar-refractivity contribution in [1.82, 2.24) is 24.9 Å². The van der Waals surface area contributed by atoms with Crippen LogP contribution in [0.4, 0.5) is 0 Å². The molecule has 1 saturated heterocycles. The van der Waals surface area contributed by atoms with Crippen LogP contribution in [0.5, 0.6) is 0 Å². The zero-order valence-electron chi connectivity index (χ0n) is 13.8. The predicted octanol–water partition coefficient (Wildman–Crippen LogP) is 1.06. The molecule has 0 bridgehead atoms. The minimum atomic E-state index is -0.181. The van der Waals surface area contributed by atoms with Crippen LogP contribution in [0.2, 0.25) is 0 Å². The van der Waals surface area contributed by atoms with Crippen LogP contribution in [0.25, 0.3) is 5.82 Å². The Hall–Kier alpha value is -2.71. The molecule has 2 atom stereocenters. The van der Waals surface area contributed by atoms with E-state index in [-0.39, 0.29) is 17.6 Å². The molecule has 0 amide bonds. The molecule has 1 aliphatic heterocycles. The quantitative estimate of drug-likeness (QED) is 0.747. The van der Waals surface area contributed by atoms with Crippen LogP contribution in [0.3, 0.4) is 0 Å². The van der Waals surface area contributed by atoms with Crippen LogP contribution in [-0.2, 0) is 11.3 Å². The summed E-state index contributed by atoms with van der Waals surface area (Å²) in [5, 5.41) is 12.0. The van der Waals surface area contributed by atoms with Crippen LogP contribution >= 0.6 is 0 Å². The number of aromatic nitrogens is 4. The highest BCUT2D eigenvalue weighted by atomic mass is 16.5. The van der Waals surface area contributed by atoms with Gasteiger partial charge in [0.15, 0.2) is 5.82 Å². The third kappa shape index (κ3) is 3.26. The lowest BCUT2D eigenvalue weighted by Crippen LogP contribution is -2.41. The van der Waals surface area contributed by atoms with Gasteiger partial charge in [-0.25, -0.2) is 9.36 Å². The fourth-order valence-electron chi connectivity index (χ4n) is 2.97. The number of hydrogen-bond acceptors (Lipinski definition) is 6. The summed E-state index contributed by atoms with van der Waals surface area (Å²) < 4.78 is 14.3. The van der Waals surface area contributed by atoms with Crippen molar-refractivity contribution in [1.29, 1.82) is 0 Å². The molecule has 0 spiro atoms. The summed E-state index contributed by atoms with van der Waals surface area (Å²) in [5.41, 5.74) is -0.160. The van der Waals surface area contributed by atoms with Crippen LogP contribution in [0.1, 0.15) is 17.6 Å². The molecule has 0 saturated carbocycles. The van der Waals surface area contributed by atoms with Crippen LogP contribution in [0.15, 0.2) is 51.9 Å². The lowest BCUT2D eigenvalue weighted by Gasteiger charge is -2.20. The van der Waals surface area contributed by atoms with E-state index in [0.717, 1.165) is 11.5 Å². The molecule has 8 heteroatoms. The highest BCUT2D eigenvalue weighted by Crippen LogP contribution is 2.18. The highest BCUT2D eigenvalue weighted by molar-refractivity contribution is 5.18. The summed E-state index contributed by atoms with van der Waals surface area (Å²) in [4.78, 5) is 12.3. The molecule has 1 N–H and O–H groups in total. The molecule has 8 nitrogen and oxygen atoms in total. The maximum atomic E-state index is 12.3. The molecule has 0 radical (unpaired) electrons. The summed E-state index contributed by atoms with van der Waals surface area (Å²) in [6, 6.07) is 8.65. The molecule has 0 aromatic carbocycles. The minimum absolute atomic E-state index is 0.0246. The molecule has 4 heterocycles. The van der Waals surface area contributed by atoms with E-state index in [4.69, 9.17) is 9.15 Å². The lowest BCUT2D eigenvalue weighted by atomic mass is 10.1. The van der Waals surface area contributed by atoms with Crippen LogP contribution in [0, 0.1) is 6.92 Å². The number of nitrogens with zero attached hydrogens (tertiary/aromatic N) is 4. The van der Waals surface area contributed by atoms with Gasteiger partial charge in [-0.1, -0.05) is 0 Å². The van der Waals surface area contributed by atoms with Gasteiger partial charge in [0.25, 0.3) is 5.56 Å². The molecule has 3 aromatic heterocycles. The summed E-state index contributed by atoms with van der Waals surface area (Å²) >= 11 is 0. The predicted molar refractivity (Wildman–Crippen MR) is 89.5 cm³/mol. The third-order valence-electron chi connectivity index (χ3n) is 4.25. The summed E-state index contributed by atoms with van der Waals surface area (Å²) in [6.45, 7) is 3.44. The topological polar surface area (TPSA) is 87.1 Å². The van der Waals surface area contributed by atoms with E-state index >= 15 is 0 Å². The zero-order valence-corrected chi connectivity index (χ0v) is 13.8. The smallest absolute Gasteiger partial charge is 0.267 e. The second-order valence-electron chi connectivity index (χ2n) is 6.03. The average Bonchev–Trinajstić information content (AvgIpc) is 3.35. The SMILES string of the molecule is Cc1ccc(CNC2COCC2n2nc(-n3cccn3)ccc2=O)o1. The molecular weight excluding hydrogens is 322 g/mol. The second-order valence-corrected chi connectivity index (χ2v) is 6.03. The largest absolute Gasteiger partial charge is 0.465 e. The number of rotatable bonds is 5. The van der Waals surface area contributed by atoms with Gasteiger partial charge in [-0.2, -0.15) is 5.10 Å². The Labute approximate surface area is 144 Å². The maximum Gasteiger partial charge on any atom is 0.267 e. The van der Waals surface area contributed by atoms with Gasteiger partial charge in [0.1, 0.15) is 11.5 Å². The molecule has 1 fully saturated rings. The van der Waals surface area contributed by atoms with Gasteiger partial charge in [-0.3, -0.25) is 4.79 Å². The van der Waals surface area contributed by atoms with Crippen molar-refractivity contribution < 1.29 is 9.15 Å². The van der Waals surface area contributed by atoms with Crippen molar-refractivity contribution in [3.05, 3.63) is 64.6 Å². The Morgan fingerprint density at radius 1 is 1.28 bits per heavy atom. The third-order valence-corrected chi connectivity index (χ3v) is 4.25. The van der Waals surface area contributed by atoms with Crippen molar-refractivity contribution in [2.24, 2.45) is 0 Å². The fourth-order valence-corrected chi connectivity index (χ4v) is 2.97. The first kappa shape index (κ1) is 15.8. The monoisotopic (exact) mass is 341 g/mol. The van der Waals surface area contributed by atoms with Gasteiger partial charge in [0, 0.05) is 18.5 Å². The lowest BCUT2D eigenvalue weighted by molar-refractivity contribution is 0.180. The number of hydrogen-bond donors (Lipinski definition) is 1. The van der Waals surface area contributed by atoms with Gasteiger partial charge in [0.05, 0.1) is 31.8 Å². The molecule has 130 valence electrons. The zero-order chi connectivity index (χ0) is 17.2. The number of furan rings is 1. The minimum Gasteiger partial charge on any atom is -0.465 e. The molecular formula is C17H19N5O3. The van der Waals surface area contributed by atoms with Gasteiger partial charge < -0.3 is 14.5 Å². The standard InChI is InChI=1S/C17H19N5O3/c1-12-3-4-13(25-12)9-18-14-10-24-11-15(14)22-17(23)6-5-16(20-22)21-8-2-7-19-21/h2-8,14-15,18H,9-11H2,1H3. The van der Waals surface area contributed by atoms with Crippen molar-refractivity contribution in [2.75, 3.05) is 13.2 Å². The Morgan fingerprint density at radius 3 is 2.96 bits per heavy atom. The van der Waals surface area contributed by atoms with E-state index in [9.17, 15) is 4.79 Å². The van der Waals surface area contributed by atoms with Crippen molar-refractivity contribution in [3.8, 4) is 5.82 Å². The number of ether oxygens (including phenoxy) is 1. The van der Waals surface area contributed by atoms with Gasteiger partial charge in [0.2, 0.25) is 0 Å². The summed E-state index contributed by atoms with van der Waals surface area (Å²) in [5.74, 6) is 2.33. The van der Waals surface area contributed by atoms with E-state index in [1.807, 2.05) is 25.1 Å². The molecule has 3 aromatic rings. The Bertz CT molecular complexity index is 899. The first-order valence-electron chi connectivity index (χ1n) is 8.17. The Balaban J connectivity index is 1.55. The Morgan fingerprint density at radius 2 is 2.20 bits per heavy atom. The van der Waals surface area contributed by atoms with Crippen LogP contribution in [-0.4, -0.2) is 38.8 Å². The van der Waals surface area contributed by atoms with E-state index in [2.05, 4.69) is 15.5 Å². The Kier molecular flexibility index (Phi) is 4.21. The van der Waals surface area contributed by atoms with E-state index in [1.165, 1.54) is 10.7 Å². The highest BCUT2D eigenvalue weighted by Gasteiger charge is 2.31. The number of aryl methyl sites for hydroxylation is 1. The summed E-state index contributed by atoms with van der Waals surface area (Å²) in [6.07, 6.45) is 3.46. The van der Waals surface area contributed by atoms with Gasteiger partial charge in [-0.05, 0) is 31.2 Å². The van der Waals surface area contributed by atoms with Crippen LogP contribution < -0.4 is 10.9 Å². The second kappa shape index (κ2) is 6.66. The van der Waals surface area contributed by atoms with Crippen molar-refractivity contribution >= 4 is 0 Å². The molecule has 0 aliphatic carbocycles. The fraction of sp³-hybridized carbons (Fsp3) is 0.353. The van der Waals surface area contributed by atoms with E-state index < -0.39 is 0 Å². The molecule has 4 rings (SSSR count). The molecule has 25 heavy (non-hydrogen) atoms. The first-order chi connectivity index (χ1) is 12.2. The number of nitrogens with one attached hydrogen (secondary N) is 1. The normalized spacial score (nSPS) is 20.2. The van der Waals surface area contributed by atoms with E-state index in [0.29, 0.717) is 25.6 Å². The molecule has 2 unspecified atom stereocenters. The molecule has 1 aliphatic rings. The van der Waals surface area contributed by atoms with E-state index in [1.54, 1.807) is 23.1 Å². The van der Waals surface area contributed by atoms with Crippen molar-refractivity contribution in [3.63, 3.8) is 0 Å². The summed E-state index contributed by atoms with van der Waals surface area (Å²) in [7, 11) is 0. The maximum absolute atomic E-state index is 12.3. The first-order valence-corrected chi connectivity index (χ1v) is 8.17. The van der Waals surface area contributed by atoms with Crippen molar-refractivity contribution in [2.45, 2.75) is 25.6 Å².